The highest BCUT2D eigenvalue weighted by Crippen LogP contribution is 2.31. The number of esters is 2. The van der Waals surface area contributed by atoms with Crippen molar-refractivity contribution in [2.24, 2.45) is 16.3 Å². The van der Waals surface area contributed by atoms with Crippen LogP contribution in [0.4, 0.5) is 0 Å². The lowest BCUT2D eigenvalue weighted by atomic mass is 9.86. The molecule has 238 valence electrons. The normalized spacial score (nSPS) is 17.9. The molecular weight excluding hydrogens is 594 g/mol. The highest BCUT2D eigenvalue weighted by Gasteiger charge is 2.37. The van der Waals surface area contributed by atoms with Crippen LogP contribution < -0.4 is 22.3 Å². The molecule has 0 saturated carbocycles. The maximum absolute atomic E-state index is 12.7. The number of carbonyl (C=O) groups is 3. The summed E-state index contributed by atoms with van der Waals surface area (Å²) in [5.74, 6) is -1.36. The SMILES string of the molecule is Cc1cn([C@H]2CC(N=[N+]=[N-])[C@@H](COC(=O)CC(C)(C)CC(=O)OCSc3ccccc3CNCCC(N)=O)O2)c(=O)[nH]c1=O. The average Bonchev–Trinajstić information content (AvgIpc) is 3.34. The summed E-state index contributed by atoms with van der Waals surface area (Å²) >= 11 is 1.35. The first-order valence-corrected chi connectivity index (χ1v) is 14.9. The summed E-state index contributed by atoms with van der Waals surface area (Å²) in [5, 5.41) is 6.87. The topological polar surface area (TPSA) is 221 Å². The van der Waals surface area contributed by atoms with Crippen LogP contribution in [0, 0.1) is 12.3 Å². The Labute approximate surface area is 257 Å². The fraction of sp³-hybridized carbons (Fsp3) is 0.536. The van der Waals surface area contributed by atoms with Gasteiger partial charge in [0.25, 0.3) is 5.56 Å². The largest absolute Gasteiger partial charge is 0.463 e. The first-order valence-electron chi connectivity index (χ1n) is 13.9. The molecule has 3 atom stereocenters. The third kappa shape index (κ3) is 10.6. The van der Waals surface area contributed by atoms with E-state index in [-0.39, 0.29) is 44.1 Å². The molecule has 44 heavy (non-hydrogen) atoms. The predicted molar refractivity (Wildman–Crippen MR) is 160 cm³/mol. The van der Waals surface area contributed by atoms with Gasteiger partial charge in [-0.3, -0.25) is 28.7 Å². The molecule has 0 aliphatic carbocycles. The Morgan fingerprint density at radius 2 is 1.93 bits per heavy atom. The van der Waals surface area contributed by atoms with E-state index in [9.17, 15) is 24.0 Å². The second kappa shape index (κ2) is 16.1. The van der Waals surface area contributed by atoms with Gasteiger partial charge in [-0.2, -0.15) is 0 Å². The van der Waals surface area contributed by atoms with E-state index in [1.807, 2.05) is 24.3 Å². The number of thioether (sulfide) groups is 1. The van der Waals surface area contributed by atoms with Gasteiger partial charge in [-0.1, -0.05) is 48.9 Å². The predicted octanol–water partition coefficient (Wildman–Crippen LogP) is 2.42. The van der Waals surface area contributed by atoms with Crippen molar-refractivity contribution in [1.82, 2.24) is 14.9 Å². The summed E-state index contributed by atoms with van der Waals surface area (Å²) in [7, 11) is 0. The second-order valence-electron chi connectivity index (χ2n) is 11.1. The number of nitrogens with zero attached hydrogens (tertiary/aromatic N) is 4. The smallest absolute Gasteiger partial charge is 0.330 e. The Balaban J connectivity index is 1.46. The van der Waals surface area contributed by atoms with Gasteiger partial charge in [0, 0.05) is 47.5 Å². The van der Waals surface area contributed by atoms with Crippen LogP contribution in [0.5, 0.6) is 0 Å². The van der Waals surface area contributed by atoms with Gasteiger partial charge in [-0.15, -0.1) is 0 Å². The number of ether oxygens (including phenoxy) is 3. The van der Waals surface area contributed by atoms with Crippen LogP contribution >= 0.6 is 11.8 Å². The zero-order valence-electron chi connectivity index (χ0n) is 24.8. The molecule has 0 spiro atoms. The molecule has 1 aliphatic rings. The standard InChI is InChI=1S/C28H37N7O8S/c1-17-14-35(27(40)32-26(17)39)23-10-19(33-34-30)20(43-23)15-41-24(37)11-28(2,3)12-25(38)42-16-44-21-7-5-4-6-18(21)13-31-9-8-22(29)36/h4-7,14,19-20,23,31H,8-13,15-16H2,1-3H3,(H2,29,36)(H,32,39,40)/t19?,20-,23-/m1/s1. The van der Waals surface area contributed by atoms with Gasteiger partial charge in [0.05, 0.1) is 18.9 Å². The Hall–Kier alpha value is -4.11. The van der Waals surface area contributed by atoms with Crippen molar-refractivity contribution in [2.75, 3.05) is 19.1 Å². The van der Waals surface area contributed by atoms with Crippen molar-refractivity contribution in [2.45, 2.75) is 76.3 Å². The number of carbonyl (C=O) groups excluding carboxylic acids is 3. The summed E-state index contributed by atoms with van der Waals surface area (Å²) in [6.07, 6.45) is -0.0207. The third-order valence-electron chi connectivity index (χ3n) is 6.79. The Morgan fingerprint density at radius 3 is 2.64 bits per heavy atom. The van der Waals surface area contributed by atoms with Crippen molar-refractivity contribution < 1.29 is 28.6 Å². The summed E-state index contributed by atoms with van der Waals surface area (Å²) in [6, 6.07) is 6.90. The molecule has 1 aromatic heterocycles. The number of hydrogen-bond donors (Lipinski definition) is 3. The van der Waals surface area contributed by atoms with E-state index < -0.39 is 47.0 Å². The van der Waals surface area contributed by atoms with Crippen molar-refractivity contribution in [3.8, 4) is 0 Å². The van der Waals surface area contributed by atoms with Gasteiger partial charge in [0.1, 0.15) is 24.9 Å². The minimum absolute atomic E-state index is 0.0309. The fourth-order valence-corrected chi connectivity index (χ4v) is 5.35. The maximum atomic E-state index is 12.7. The molecule has 1 aromatic carbocycles. The van der Waals surface area contributed by atoms with Gasteiger partial charge in [0.15, 0.2) is 0 Å². The zero-order chi connectivity index (χ0) is 32.3. The number of nitrogens with two attached hydrogens (primary N) is 1. The molecule has 1 amide bonds. The average molecular weight is 632 g/mol. The monoisotopic (exact) mass is 631 g/mol. The van der Waals surface area contributed by atoms with Crippen LogP contribution in [0.2, 0.25) is 0 Å². The van der Waals surface area contributed by atoms with Crippen LogP contribution in [0.15, 0.2) is 50.1 Å². The first kappa shape index (κ1) is 34.4. The molecule has 1 unspecified atom stereocenters. The van der Waals surface area contributed by atoms with Crippen molar-refractivity contribution in [3.05, 3.63) is 72.9 Å². The maximum Gasteiger partial charge on any atom is 0.330 e. The summed E-state index contributed by atoms with van der Waals surface area (Å²) in [6.45, 7) is 5.78. The number of hydrogen-bond acceptors (Lipinski definition) is 11. The summed E-state index contributed by atoms with van der Waals surface area (Å²) < 4.78 is 17.9. The lowest BCUT2D eigenvalue weighted by Crippen LogP contribution is -2.33. The molecule has 0 bridgehead atoms. The van der Waals surface area contributed by atoms with Crippen LogP contribution in [0.1, 0.15) is 56.9 Å². The highest BCUT2D eigenvalue weighted by molar-refractivity contribution is 7.99. The number of H-pyrrole nitrogens is 1. The van der Waals surface area contributed by atoms with Crippen molar-refractivity contribution in [1.29, 1.82) is 0 Å². The van der Waals surface area contributed by atoms with Gasteiger partial charge >= 0.3 is 17.6 Å². The van der Waals surface area contributed by atoms with Gasteiger partial charge in [0.2, 0.25) is 5.91 Å². The number of aromatic amines is 1. The summed E-state index contributed by atoms with van der Waals surface area (Å²) in [4.78, 5) is 66.0. The Kier molecular flexibility index (Phi) is 12.6. The van der Waals surface area contributed by atoms with Gasteiger partial charge in [-0.05, 0) is 29.5 Å². The van der Waals surface area contributed by atoms with E-state index in [1.165, 1.54) is 22.5 Å². The van der Waals surface area contributed by atoms with Crippen molar-refractivity contribution >= 4 is 29.6 Å². The minimum Gasteiger partial charge on any atom is -0.463 e. The third-order valence-corrected chi connectivity index (χ3v) is 7.73. The quantitative estimate of drug-likeness (QED) is 0.0467. The van der Waals surface area contributed by atoms with E-state index in [2.05, 4.69) is 20.3 Å². The van der Waals surface area contributed by atoms with E-state index >= 15 is 0 Å². The number of aryl methyl sites for hydroxylation is 1. The molecule has 15 nitrogen and oxygen atoms in total. The Morgan fingerprint density at radius 1 is 1.23 bits per heavy atom. The van der Waals surface area contributed by atoms with Gasteiger partial charge in [-0.25, -0.2) is 4.79 Å². The molecule has 1 aliphatic heterocycles. The van der Waals surface area contributed by atoms with Crippen LogP contribution in [0.3, 0.4) is 0 Å². The molecule has 1 saturated heterocycles. The molecule has 4 N–H and O–H groups in total. The van der Waals surface area contributed by atoms with Crippen LogP contribution in [-0.2, 0) is 35.1 Å². The zero-order valence-corrected chi connectivity index (χ0v) is 25.6. The molecule has 0 radical (unpaired) electrons. The number of primary amides is 1. The molecule has 2 aromatic rings. The van der Waals surface area contributed by atoms with Crippen LogP contribution in [0.25, 0.3) is 10.4 Å². The number of rotatable bonds is 16. The van der Waals surface area contributed by atoms with E-state index in [0.29, 0.717) is 18.7 Å². The first-order chi connectivity index (χ1) is 20.9. The van der Waals surface area contributed by atoms with Crippen molar-refractivity contribution in [3.63, 3.8) is 0 Å². The molecule has 2 heterocycles. The van der Waals surface area contributed by atoms with E-state index in [1.54, 1.807) is 20.8 Å². The number of azide groups is 1. The summed E-state index contributed by atoms with van der Waals surface area (Å²) in [5.41, 5.74) is 13.5. The molecular formula is C28H37N7O8S. The number of benzene rings is 1. The number of nitrogens with one attached hydrogen (secondary N) is 2. The fourth-order valence-electron chi connectivity index (χ4n) is 4.53. The number of amides is 1. The molecule has 16 heteroatoms. The molecule has 1 fully saturated rings. The van der Waals surface area contributed by atoms with E-state index in [0.717, 1.165) is 10.5 Å². The highest BCUT2D eigenvalue weighted by atomic mass is 32.2. The lowest BCUT2D eigenvalue weighted by Gasteiger charge is -2.23. The van der Waals surface area contributed by atoms with Gasteiger partial charge < -0.3 is 25.3 Å². The number of aromatic nitrogens is 2. The molecule has 3 rings (SSSR count). The van der Waals surface area contributed by atoms with E-state index in [4.69, 9.17) is 25.5 Å². The lowest BCUT2D eigenvalue weighted by molar-refractivity contribution is -0.152. The van der Waals surface area contributed by atoms with Crippen LogP contribution in [-0.4, -0.2) is 58.6 Å². The minimum atomic E-state index is -0.827. The second-order valence-corrected chi connectivity index (χ2v) is 12.1. The Bertz CT molecular complexity index is 1500.